The largest absolute Gasteiger partial charge is 0.330 e. The van der Waals surface area contributed by atoms with Gasteiger partial charge < -0.3 is 4.90 Å². The molecule has 0 spiro atoms. The Bertz CT molecular complexity index is 786. The Kier molecular flexibility index (Phi) is 5.19. The van der Waals surface area contributed by atoms with Crippen LogP contribution in [-0.2, 0) is 13.1 Å². The summed E-state index contributed by atoms with van der Waals surface area (Å²) in [5.74, 6) is 0.0282. The summed E-state index contributed by atoms with van der Waals surface area (Å²) in [7, 11) is 0. The summed E-state index contributed by atoms with van der Waals surface area (Å²) in [4.78, 5) is 23.1. The second-order valence-corrected chi connectivity index (χ2v) is 6.25. The molecule has 0 saturated carbocycles. The molecule has 25 heavy (non-hydrogen) atoms. The molecule has 4 heteroatoms. The molecule has 3 aromatic rings. The fourth-order valence-electron chi connectivity index (χ4n) is 2.90. The highest BCUT2D eigenvalue weighted by atomic mass is 16.2. The van der Waals surface area contributed by atoms with E-state index in [1.54, 1.807) is 24.8 Å². The first-order valence-electron chi connectivity index (χ1n) is 8.27. The number of carbonyl (C=O) groups excluding carboxylic acids is 1. The van der Waals surface area contributed by atoms with E-state index >= 15 is 0 Å². The third-order valence-corrected chi connectivity index (χ3v) is 4.00. The smallest absolute Gasteiger partial charge is 0.254 e. The third kappa shape index (κ3) is 4.51. The van der Waals surface area contributed by atoms with E-state index in [0.29, 0.717) is 13.1 Å². The van der Waals surface area contributed by atoms with Crippen LogP contribution >= 0.6 is 0 Å². The molecule has 0 aliphatic rings. The molecule has 0 unspecified atom stereocenters. The van der Waals surface area contributed by atoms with Crippen LogP contribution in [0.2, 0.25) is 0 Å². The molecule has 126 valence electrons. The molecule has 4 nitrogen and oxygen atoms in total. The van der Waals surface area contributed by atoms with Crippen LogP contribution in [0, 0.1) is 13.8 Å². The zero-order valence-electron chi connectivity index (χ0n) is 14.5. The molecule has 0 saturated heterocycles. The van der Waals surface area contributed by atoms with Crippen molar-refractivity contribution in [1.29, 1.82) is 0 Å². The highest BCUT2D eigenvalue weighted by Crippen LogP contribution is 2.16. The SMILES string of the molecule is Cc1cc(C)cc(C(=O)N(Cc2ccncc2)Cc2ccncc2)c1. The molecule has 0 N–H and O–H groups in total. The van der Waals surface area contributed by atoms with Crippen molar-refractivity contribution in [2.45, 2.75) is 26.9 Å². The minimum Gasteiger partial charge on any atom is -0.330 e. The Morgan fingerprint density at radius 1 is 0.800 bits per heavy atom. The predicted molar refractivity (Wildman–Crippen MR) is 98.0 cm³/mol. The minimum atomic E-state index is 0.0282. The second-order valence-electron chi connectivity index (χ2n) is 6.25. The van der Waals surface area contributed by atoms with Crippen molar-refractivity contribution in [1.82, 2.24) is 14.9 Å². The van der Waals surface area contributed by atoms with Gasteiger partial charge in [0.25, 0.3) is 5.91 Å². The maximum absolute atomic E-state index is 13.2. The highest BCUT2D eigenvalue weighted by Gasteiger charge is 2.17. The van der Waals surface area contributed by atoms with E-state index in [1.807, 2.05) is 55.1 Å². The zero-order chi connectivity index (χ0) is 17.6. The van der Waals surface area contributed by atoms with Crippen LogP contribution in [0.1, 0.15) is 32.6 Å². The number of amides is 1. The van der Waals surface area contributed by atoms with E-state index in [1.165, 1.54) is 0 Å². The van der Waals surface area contributed by atoms with Crippen molar-refractivity contribution in [3.05, 3.63) is 95.1 Å². The molecule has 1 aromatic carbocycles. The van der Waals surface area contributed by atoms with E-state index in [9.17, 15) is 4.79 Å². The Morgan fingerprint density at radius 3 is 1.68 bits per heavy atom. The lowest BCUT2D eigenvalue weighted by Crippen LogP contribution is -2.30. The van der Waals surface area contributed by atoms with Crippen LogP contribution < -0.4 is 0 Å². The molecule has 0 aliphatic carbocycles. The molecule has 0 fully saturated rings. The maximum atomic E-state index is 13.2. The van der Waals surface area contributed by atoms with Crippen molar-refractivity contribution in [2.24, 2.45) is 0 Å². The first kappa shape index (κ1) is 16.8. The number of carbonyl (C=O) groups is 1. The molecule has 0 aliphatic heterocycles. The molecule has 0 radical (unpaired) electrons. The number of rotatable bonds is 5. The average molecular weight is 331 g/mol. The number of benzene rings is 1. The van der Waals surface area contributed by atoms with Crippen LogP contribution in [0.3, 0.4) is 0 Å². The Labute approximate surface area is 148 Å². The first-order chi connectivity index (χ1) is 12.1. The molecule has 0 bridgehead atoms. The molecule has 1 amide bonds. The van der Waals surface area contributed by atoms with Crippen LogP contribution in [-0.4, -0.2) is 20.8 Å². The Balaban J connectivity index is 1.90. The maximum Gasteiger partial charge on any atom is 0.254 e. The van der Waals surface area contributed by atoms with E-state index in [-0.39, 0.29) is 5.91 Å². The molecular weight excluding hydrogens is 310 g/mol. The fourth-order valence-corrected chi connectivity index (χ4v) is 2.90. The number of hydrogen-bond donors (Lipinski definition) is 0. The van der Waals surface area contributed by atoms with Gasteiger partial charge >= 0.3 is 0 Å². The summed E-state index contributed by atoms with van der Waals surface area (Å²) in [5.41, 5.74) is 5.02. The quantitative estimate of drug-likeness (QED) is 0.711. The van der Waals surface area contributed by atoms with Gasteiger partial charge in [0.05, 0.1) is 0 Å². The monoisotopic (exact) mass is 331 g/mol. The molecule has 3 rings (SSSR count). The van der Waals surface area contributed by atoms with Gasteiger partial charge in [-0.25, -0.2) is 0 Å². The second kappa shape index (κ2) is 7.71. The van der Waals surface area contributed by atoms with Crippen LogP contribution in [0.25, 0.3) is 0 Å². The number of aromatic nitrogens is 2. The van der Waals surface area contributed by atoms with Crippen LogP contribution in [0.5, 0.6) is 0 Å². The van der Waals surface area contributed by atoms with E-state index in [2.05, 4.69) is 16.0 Å². The van der Waals surface area contributed by atoms with Gasteiger partial charge in [-0.1, -0.05) is 17.2 Å². The molecular formula is C21H21N3O. The van der Waals surface area contributed by atoms with E-state index < -0.39 is 0 Å². The number of aryl methyl sites for hydroxylation is 2. The van der Waals surface area contributed by atoms with Crippen LogP contribution in [0.4, 0.5) is 0 Å². The summed E-state index contributed by atoms with van der Waals surface area (Å²) >= 11 is 0. The lowest BCUT2D eigenvalue weighted by Gasteiger charge is -2.23. The van der Waals surface area contributed by atoms with Gasteiger partial charge in [-0.2, -0.15) is 0 Å². The van der Waals surface area contributed by atoms with Crippen molar-refractivity contribution >= 4 is 5.91 Å². The fraction of sp³-hybridized carbons (Fsp3) is 0.190. The van der Waals surface area contributed by atoms with Crippen molar-refractivity contribution < 1.29 is 4.79 Å². The van der Waals surface area contributed by atoms with Crippen molar-refractivity contribution in [2.75, 3.05) is 0 Å². The number of nitrogens with zero attached hydrogens (tertiary/aromatic N) is 3. The van der Waals surface area contributed by atoms with Gasteiger partial charge in [0.15, 0.2) is 0 Å². The summed E-state index contributed by atoms with van der Waals surface area (Å²) in [5, 5.41) is 0. The lowest BCUT2D eigenvalue weighted by molar-refractivity contribution is 0.0729. The molecule has 0 atom stereocenters. The van der Waals surface area contributed by atoms with Gasteiger partial charge in [-0.05, 0) is 61.4 Å². The normalized spacial score (nSPS) is 10.5. The summed E-state index contributed by atoms with van der Waals surface area (Å²) in [6, 6.07) is 13.7. The van der Waals surface area contributed by atoms with E-state index in [4.69, 9.17) is 0 Å². The first-order valence-corrected chi connectivity index (χ1v) is 8.27. The van der Waals surface area contributed by atoms with Crippen LogP contribution in [0.15, 0.2) is 67.3 Å². The minimum absolute atomic E-state index is 0.0282. The highest BCUT2D eigenvalue weighted by molar-refractivity contribution is 5.94. The summed E-state index contributed by atoms with van der Waals surface area (Å²) in [6.07, 6.45) is 7.00. The van der Waals surface area contributed by atoms with Crippen molar-refractivity contribution in [3.63, 3.8) is 0 Å². The molecule has 2 heterocycles. The number of pyridine rings is 2. The molecule has 2 aromatic heterocycles. The Hall–Kier alpha value is -3.01. The average Bonchev–Trinajstić information content (AvgIpc) is 2.61. The van der Waals surface area contributed by atoms with Gasteiger partial charge in [-0.15, -0.1) is 0 Å². The zero-order valence-corrected chi connectivity index (χ0v) is 14.5. The predicted octanol–water partition coefficient (Wildman–Crippen LogP) is 3.94. The topological polar surface area (TPSA) is 46.1 Å². The standard InChI is InChI=1S/C21H21N3O/c1-16-11-17(2)13-20(12-16)21(25)24(14-18-3-7-22-8-4-18)15-19-5-9-23-10-6-19/h3-13H,14-15H2,1-2H3. The number of hydrogen-bond acceptors (Lipinski definition) is 3. The van der Waals surface area contributed by atoms with Gasteiger partial charge in [0.2, 0.25) is 0 Å². The van der Waals surface area contributed by atoms with Gasteiger partial charge in [0.1, 0.15) is 0 Å². The Morgan fingerprint density at radius 2 is 1.24 bits per heavy atom. The van der Waals surface area contributed by atoms with Crippen molar-refractivity contribution in [3.8, 4) is 0 Å². The van der Waals surface area contributed by atoms with E-state index in [0.717, 1.165) is 27.8 Å². The summed E-state index contributed by atoms with van der Waals surface area (Å²) < 4.78 is 0. The van der Waals surface area contributed by atoms with Gasteiger partial charge in [-0.3, -0.25) is 14.8 Å². The summed E-state index contributed by atoms with van der Waals surface area (Å²) in [6.45, 7) is 5.10. The third-order valence-electron chi connectivity index (χ3n) is 4.00. The lowest BCUT2D eigenvalue weighted by atomic mass is 10.1. The van der Waals surface area contributed by atoms with Gasteiger partial charge in [0, 0.05) is 43.4 Å².